The maximum atomic E-state index is 13.6. The van der Waals surface area contributed by atoms with E-state index in [0.29, 0.717) is 17.2 Å². The van der Waals surface area contributed by atoms with Gasteiger partial charge in [0.15, 0.2) is 16.4 Å². The third-order valence-corrected chi connectivity index (χ3v) is 7.57. The third kappa shape index (κ3) is 4.04. The summed E-state index contributed by atoms with van der Waals surface area (Å²) in [6, 6.07) is 18.3. The van der Waals surface area contributed by atoms with Gasteiger partial charge in [-0.25, -0.2) is 13.2 Å². The van der Waals surface area contributed by atoms with E-state index in [-0.39, 0.29) is 33.7 Å². The average molecular weight is 491 g/mol. The number of nitrogens with zero attached hydrogens (tertiary/aromatic N) is 2. The second-order valence-electron chi connectivity index (χ2n) is 8.20. The Morgan fingerprint density at radius 1 is 0.943 bits per heavy atom. The van der Waals surface area contributed by atoms with Crippen molar-refractivity contribution in [3.8, 4) is 23.1 Å². The number of sulfone groups is 1. The van der Waals surface area contributed by atoms with Crippen molar-refractivity contribution in [1.82, 2.24) is 9.78 Å². The normalized spacial score (nSPS) is 12.5. The van der Waals surface area contributed by atoms with E-state index in [1.54, 1.807) is 31.2 Å². The molecule has 0 unspecified atom stereocenters. The minimum absolute atomic E-state index is 0.0615. The van der Waals surface area contributed by atoms with Crippen molar-refractivity contribution in [3.05, 3.63) is 89.1 Å². The summed E-state index contributed by atoms with van der Waals surface area (Å²) in [7, 11) is -4.05. The fourth-order valence-corrected chi connectivity index (χ4v) is 5.52. The van der Waals surface area contributed by atoms with Crippen LogP contribution in [0.5, 0.6) is 17.4 Å². The number of carbonyl (C=O) groups is 1. The van der Waals surface area contributed by atoms with E-state index in [2.05, 4.69) is 5.10 Å². The Balaban J connectivity index is 1.67. The minimum Gasteiger partial charge on any atom is -0.454 e. The third-order valence-electron chi connectivity index (χ3n) is 5.67. The van der Waals surface area contributed by atoms with Crippen LogP contribution in [0.25, 0.3) is 5.69 Å². The zero-order valence-corrected chi connectivity index (χ0v) is 20.1. The van der Waals surface area contributed by atoms with Crippen molar-refractivity contribution < 1.29 is 27.4 Å². The van der Waals surface area contributed by atoms with E-state index in [1.165, 1.54) is 28.9 Å². The lowest BCUT2D eigenvalue weighted by molar-refractivity contribution is 0.0717. The first-order chi connectivity index (χ1) is 16.8. The zero-order chi connectivity index (χ0) is 24.7. The molecule has 0 radical (unpaired) electrons. The molecule has 2 heterocycles. The molecule has 0 N–H and O–H groups in total. The van der Waals surface area contributed by atoms with E-state index >= 15 is 0 Å². The molecule has 0 spiro atoms. The van der Waals surface area contributed by atoms with Gasteiger partial charge in [0.1, 0.15) is 0 Å². The van der Waals surface area contributed by atoms with Crippen molar-refractivity contribution in [2.24, 2.45) is 0 Å². The van der Waals surface area contributed by atoms with Crippen LogP contribution in [-0.2, 0) is 9.84 Å². The molecule has 1 aliphatic rings. The maximum absolute atomic E-state index is 13.6. The monoisotopic (exact) mass is 490 g/mol. The van der Waals surface area contributed by atoms with Crippen molar-refractivity contribution in [3.63, 3.8) is 0 Å². The Morgan fingerprint density at radius 3 is 2.43 bits per heavy atom. The van der Waals surface area contributed by atoms with Gasteiger partial charge < -0.3 is 14.2 Å². The van der Waals surface area contributed by atoms with Crippen LogP contribution in [0.1, 0.15) is 27.2 Å². The summed E-state index contributed by atoms with van der Waals surface area (Å²) in [5, 5.41) is 4.48. The second-order valence-corrected chi connectivity index (χ2v) is 10.1. The first kappa shape index (κ1) is 22.7. The summed E-state index contributed by atoms with van der Waals surface area (Å²) in [6.45, 7) is 5.48. The number of benzene rings is 3. The number of aromatic nitrogens is 2. The lowest BCUT2D eigenvalue weighted by atomic mass is 10.1. The number of hydrogen-bond donors (Lipinski definition) is 0. The number of aryl methyl sites for hydroxylation is 3. The molecule has 1 aromatic heterocycles. The number of rotatable bonds is 5. The molecule has 5 rings (SSSR count). The van der Waals surface area contributed by atoms with Crippen LogP contribution in [-0.4, -0.2) is 31.0 Å². The van der Waals surface area contributed by atoms with Crippen molar-refractivity contribution >= 4 is 15.8 Å². The Kier molecular flexibility index (Phi) is 5.56. The molecule has 8 nitrogen and oxygen atoms in total. The molecule has 9 heteroatoms. The molecule has 0 fully saturated rings. The SMILES string of the molecule is Cc1ccc(-n2nc(C)c(S(=O)(=O)c3ccccc3)c2OC(=O)c2ccc3c(c2)OCO3)c(C)c1. The molecule has 0 amide bonds. The largest absolute Gasteiger partial charge is 0.454 e. The van der Waals surface area contributed by atoms with E-state index in [4.69, 9.17) is 14.2 Å². The second kappa shape index (κ2) is 8.59. The Labute approximate surface area is 202 Å². The van der Waals surface area contributed by atoms with Crippen LogP contribution in [0, 0.1) is 20.8 Å². The Bertz CT molecular complexity index is 1560. The highest BCUT2D eigenvalue weighted by molar-refractivity contribution is 7.91. The molecule has 4 aromatic rings. The van der Waals surface area contributed by atoms with Crippen LogP contribution < -0.4 is 14.2 Å². The van der Waals surface area contributed by atoms with Crippen LogP contribution >= 0.6 is 0 Å². The van der Waals surface area contributed by atoms with Crippen LogP contribution in [0.15, 0.2) is 76.5 Å². The highest BCUT2D eigenvalue weighted by Crippen LogP contribution is 2.37. The van der Waals surface area contributed by atoms with E-state index in [0.717, 1.165) is 11.1 Å². The van der Waals surface area contributed by atoms with Crippen LogP contribution in [0.2, 0.25) is 0 Å². The Morgan fingerprint density at radius 2 is 1.69 bits per heavy atom. The summed E-state index contributed by atoms with van der Waals surface area (Å²) >= 11 is 0. The molecular formula is C26H22N2O6S. The van der Waals surface area contributed by atoms with E-state index in [1.807, 2.05) is 32.0 Å². The predicted octanol–water partition coefficient (Wildman–Crippen LogP) is 4.58. The molecule has 178 valence electrons. The quantitative estimate of drug-likeness (QED) is 0.378. The smallest absolute Gasteiger partial charge is 0.345 e. The fourth-order valence-electron chi connectivity index (χ4n) is 3.98. The van der Waals surface area contributed by atoms with Gasteiger partial charge in [0.05, 0.1) is 21.8 Å². The van der Waals surface area contributed by atoms with Crippen LogP contribution in [0.4, 0.5) is 0 Å². The number of ether oxygens (including phenoxy) is 3. The Hall–Kier alpha value is -4.11. The van der Waals surface area contributed by atoms with Crippen molar-refractivity contribution in [2.75, 3.05) is 6.79 Å². The molecule has 35 heavy (non-hydrogen) atoms. The zero-order valence-electron chi connectivity index (χ0n) is 19.3. The van der Waals surface area contributed by atoms with Gasteiger partial charge in [0, 0.05) is 0 Å². The highest BCUT2D eigenvalue weighted by Gasteiger charge is 2.32. The van der Waals surface area contributed by atoms with Gasteiger partial charge in [-0.15, -0.1) is 0 Å². The number of esters is 1. The molecule has 0 aliphatic carbocycles. The van der Waals surface area contributed by atoms with Gasteiger partial charge in [-0.3, -0.25) is 0 Å². The van der Waals surface area contributed by atoms with Gasteiger partial charge in [-0.1, -0.05) is 35.9 Å². The van der Waals surface area contributed by atoms with Crippen molar-refractivity contribution in [2.45, 2.75) is 30.6 Å². The molecule has 1 aliphatic heterocycles. The fraction of sp³-hybridized carbons (Fsp3) is 0.154. The summed E-state index contributed by atoms with van der Waals surface area (Å²) < 4.78 is 45.1. The highest BCUT2D eigenvalue weighted by atomic mass is 32.2. The van der Waals surface area contributed by atoms with Crippen molar-refractivity contribution in [1.29, 1.82) is 0 Å². The lowest BCUT2D eigenvalue weighted by Crippen LogP contribution is -2.15. The van der Waals surface area contributed by atoms with E-state index < -0.39 is 15.8 Å². The summed E-state index contributed by atoms with van der Waals surface area (Å²) in [5.74, 6) is 0.000378. The van der Waals surface area contributed by atoms with Gasteiger partial charge in [-0.05, 0) is 62.7 Å². The molecule has 0 saturated heterocycles. The molecule has 0 saturated carbocycles. The molecule has 0 atom stereocenters. The first-order valence-electron chi connectivity index (χ1n) is 10.8. The maximum Gasteiger partial charge on any atom is 0.345 e. The summed E-state index contributed by atoms with van der Waals surface area (Å²) in [6.07, 6.45) is 0. The number of hydrogen-bond acceptors (Lipinski definition) is 7. The topological polar surface area (TPSA) is 96.7 Å². The van der Waals surface area contributed by atoms with Gasteiger partial charge >= 0.3 is 5.97 Å². The molecule has 0 bridgehead atoms. The average Bonchev–Trinajstić information content (AvgIpc) is 3.43. The van der Waals surface area contributed by atoms with Gasteiger partial charge in [0.2, 0.25) is 22.5 Å². The van der Waals surface area contributed by atoms with Crippen LogP contribution in [0.3, 0.4) is 0 Å². The number of fused-ring (bicyclic) bond motifs is 1. The summed E-state index contributed by atoms with van der Waals surface area (Å²) in [4.78, 5) is 13.1. The van der Waals surface area contributed by atoms with Gasteiger partial charge in [0.25, 0.3) is 0 Å². The lowest BCUT2D eigenvalue weighted by Gasteiger charge is -2.13. The van der Waals surface area contributed by atoms with Gasteiger partial charge in [-0.2, -0.15) is 9.78 Å². The first-order valence-corrected chi connectivity index (χ1v) is 12.3. The minimum atomic E-state index is -4.05. The molecule has 3 aromatic carbocycles. The number of carbonyl (C=O) groups excluding carboxylic acids is 1. The predicted molar refractivity (Wildman–Crippen MR) is 127 cm³/mol. The van der Waals surface area contributed by atoms with E-state index in [9.17, 15) is 13.2 Å². The standard InChI is InChI=1S/C26H22N2O6S/c1-16-9-11-21(17(2)13-16)28-25(34-26(29)19-10-12-22-23(14-19)33-15-32-22)24(18(3)27-28)35(30,31)20-7-5-4-6-8-20/h4-14H,15H2,1-3H3. The molecular weight excluding hydrogens is 468 g/mol. The summed E-state index contributed by atoms with van der Waals surface area (Å²) in [5.41, 5.74) is 2.87.